The summed E-state index contributed by atoms with van der Waals surface area (Å²) in [6.45, 7) is 2.07. The maximum atomic E-state index is 5.43. The summed E-state index contributed by atoms with van der Waals surface area (Å²) in [5, 5.41) is 3.06. The Balaban J connectivity index is 2.61. The Morgan fingerprint density at radius 2 is 2.25 bits per heavy atom. The standard InChI is InChI=1S/C11H12BrN3O/c1-3-7-9(10-8(12)4-5-16-10)14-6-15-11(7)13-2/h4-6H,3H2,1-2H3,(H,13,14,15). The predicted octanol–water partition coefficient (Wildman–Crippen LogP) is 3.10. The van der Waals surface area contributed by atoms with Crippen molar-refractivity contribution >= 4 is 21.7 Å². The van der Waals surface area contributed by atoms with Crippen LogP contribution in [0.5, 0.6) is 0 Å². The number of rotatable bonds is 3. The number of aromatic nitrogens is 2. The zero-order chi connectivity index (χ0) is 11.5. The molecule has 1 N–H and O–H groups in total. The third kappa shape index (κ3) is 1.82. The van der Waals surface area contributed by atoms with Crippen molar-refractivity contribution in [2.24, 2.45) is 0 Å². The molecule has 0 aliphatic rings. The fraction of sp³-hybridized carbons (Fsp3) is 0.273. The van der Waals surface area contributed by atoms with Crippen molar-refractivity contribution in [3.05, 3.63) is 28.7 Å². The summed E-state index contributed by atoms with van der Waals surface area (Å²) in [5.74, 6) is 1.59. The van der Waals surface area contributed by atoms with Crippen molar-refractivity contribution < 1.29 is 4.42 Å². The van der Waals surface area contributed by atoms with E-state index in [4.69, 9.17) is 4.42 Å². The Morgan fingerprint density at radius 3 is 2.81 bits per heavy atom. The van der Waals surface area contributed by atoms with Gasteiger partial charge in [0.2, 0.25) is 0 Å². The molecule has 2 heterocycles. The summed E-state index contributed by atoms with van der Waals surface area (Å²) in [4.78, 5) is 8.48. The molecule has 0 atom stereocenters. The lowest BCUT2D eigenvalue weighted by Crippen LogP contribution is -2.01. The van der Waals surface area contributed by atoms with Crippen LogP contribution in [-0.4, -0.2) is 17.0 Å². The van der Waals surface area contributed by atoms with E-state index in [1.165, 1.54) is 6.33 Å². The molecule has 4 nitrogen and oxygen atoms in total. The van der Waals surface area contributed by atoms with E-state index in [-0.39, 0.29) is 0 Å². The van der Waals surface area contributed by atoms with Gasteiger partial charge in [0.1, 0.15) is 17.8 Å². The Morgan fingerprint density at radius 1 is 1.44 bits per heavy atom. The second kappa shape index (κ2) is 4.65. The molecule has 0 saturated carbocycles. The molecule has 0 amide bonds. The van der Waals surface area contributed by atoms with Crippen LogP contribution in [0, 0.1) is 0 Å². The largest absolute Gasteiger partial charge is 0.461 e. The Bertz CT molecular complexity index is 496. The zero-order valence-corrected chi connectivity index (χ0v) is 10.7. The van der Waals surface area contributed by atoms with Crippen molar-refractivity contribution in [1.29, 1.82) is 0 Å². The highest BCUT2D eigenvalue weighted by Crippen LogP contribution is 2.32. The molecule has 0 fully saturated rings. The fourth-order valence-corrected chi connectivity index (χ4v) is 2.01. The second-order valence-corrected chi connectivity index (χ2v) is 4.10. The SMILES string of the molecule is CCc1c(NC)ncnc1-c1occc1Br. The van der Waals surface area contributed by atoms with Crippen molar-refractivity contribution in [2.75, 3.05) is 12.4 Å². The first-order valence-electron chi connectivity index (χ1n) is 5.03. The molecule has 0 aromatic carbocycles. The molecule has 0 saturated heterocycles. The molecular weight excluding hydrogens is 270 g/mol. The van der Waals surface area contributed by atoms with Crippen molar-refractivity contribution in [3.8, 4) is 11.5 Å². The molecule has 2 aromatic heterocycles. The lowest BCUT2D eigenvalue weighted by Gasteiger charge is -2.09. The number of hydrogen-bond donors (Lipinski definition) is 1. The Kier molecular flexibility index (Phi) is 3.24. The molecule has 0 radical (unpaired) electrons. The first kappa shape index (κ1) is 11.1. The summed E-state index contributed by atoms with van der Waals surface area (Å²) >= 11 is 3.44. The highest BCUT2D eigenvalue weighted by Gasteiger charge is 2.15. The number of nitrogens with zero attached hydrogens (tertiary/aromatic N) is 2. The summed E-state index contributed by atoms with van der Waals surface area (Å²) in [6.07, 6.45) is 4.02. The maximum Gasteiger partial charge on any atom is 0.166 e. The number of furan rings is 1. The minimum Gasteiger partial charge on any atom is -0.461 e. The van der Waals surface area contributed by atoms with Crippen LogP contribution in [0.1, 0.15) is 12.5 Å². The van der Waals surface area contributed by atoms with Gasteiger partial charge in [0.25, 0.3) is 0 Å². The summed E-state index contributed by atoms with van der Waals surface area (Å²) in [7, 11) is 1.85. The lowest BCUT2D eigenvalue weighted by molar-refractivity contribution is 0.577. The van der Waals surface area contributed by atoms with E-state index in [1.54, 1.807) is 6.26 Å². The average molecular weight is 282 g/mol. The van der Waals surface area contributed by atoms with Gasteiger partial charge < -0.3 is 9.73 Å². The van der Waals surface area contributed by atoms with Crippen molar-refractivity contribution in [3.63, 3.8) is 0 Å². The van der Waals surface area contributed by atoms with Crippen LogP contribution in [0.3, 0.4) is 0 Å². The molecule has 0 bridgehead atoms. The van der Waals surface area contributed by atoms with E-state index in [1.807, 2.05) is 13.1 Å². The Hall–Kier alpha value is -1.36. The first-order valence-corrected chi connectivity index (χ1v) is 5.82. The number of anilines is 1. The van der Waals surface area contributed by atoms with E-state index in [2.05, 4.69) is 38.1 Å². The van der Waals surface area contributed by atoms with Gasteiger partial charge >= 0.3 is 0 Å². The number of halogens is 1. The van der Waals surface area contributed by atoms with E-state index in [9.17, 15) is 0 Å². The van der Waals surface area contributed by atoms with Gasteiger partial charge in [-0.25, -0.2) is 9.97 Å². The second-order valence-electron chi connectivity index (χ2n) is 3.25. The van der Waals surface area contributed by atoms with Gasteiger partial charge in [0.15, 0.2) is 5.76 Å². The van der Waals surface area contributed by atoms with E-state index < -0.39 is 0 Å². The lowest BCUT2D eigenvalue weighted by atomic mass is 10.1. The highest BCUT2D eigenvalue weighted by molar-refractivity contribution is 9.10. The summed E-state index contributed by atoms with van der Waals surface area (Å²) in [6, 6.07) is 1.86. The first-order chi connectivity index (χ1) is 7.77. The third-order valence-corrected chi connectivity index (χ3v) is 2.99. The molecule has 84 valence electrons. The molecule has 0 spiro atoms. The average Bonchev–Trinajstić information content (AvgIpc) is 2.74. The predicted molar refractivity (Wildman–Crippen MR) is 66.4 cm³/mol. The maximum absolute atomic E-state index is 5.43. The van der Waals surface area contributed by atoms with Crippen LogP contribution >= 0.6 is 15.9 Å². The van der Waals surface area contributed by atoms with Gasteiger partial charge in [-0.2, -0.15) is 0 Å². The van der Waals surface area contributed by atoms with Gasteiger partial charge in [-0.3, -0.25) is 0 Å². The molecule has 2 rings (SSSR count). The molecule has 16 heavy (non-hydrogen) atoms. The molecule has 2 aromatic rings. The zero-order valence-electron chi connectivity index (χ0n) is 9.12. The molecule has 0 aliphatic carbocycles. The monoisotopic (exact) mass is 281 g/mol. The topological polar surface area (TPSA) is 51.0 Å². The van der Waals surface area contributed by atoms with Gasteiger partial charge in [0, 0.05) is 12.6 Å². The molecule has 5 heteroatoms. The normalized spacial score (nSPS) is 10.4. The molecular formula is C11H12BrN3O. The van der Waals surface area contributed by atoms with Crippen molar-refractivity contribution in [2.45, 2.75) is 13.3 Å². The van der Waals surface area contributed by atoms with Gasteiger partial charge in [0.05, 0.1) is 10.7 Å². The third-order valence-electron chi connectivity index (χ3n) is 2.37. The Labute approximate surface area is 102 Å². The summed E-state index contributed by atoms with van der Waals surface area (Å²) in [5.41, 5.74) is 1.89. The molecule has 0 aliphatic heterocycles. The van der Waals surface area contributed by atoms with E-state index in [0.29, 0.717) is 0 Å². The van der Waals surface area contributed by atoms with E-state index >= 15 is 0 Å². The van der Waals surface area contributed by atoms with Gasteiger partial charge in [-0.15, -0.1) is 0 Å². The van der Waals surface area contributed by atoms with Crippen molar-refractivity contribution in [1.82, 2.24) is 9.97 Å². The number of nitrogens with one attached hydrogen (secondary N) is 1. The van der Waals surface area contributed by atoms with Crippen LogP contribution in [0.4, 0.5) is 5.82 Å². The minimum absolute atomic E-state index is 0.746. The quantitative estimate of drug-likeness (QED) is 0.939. The molecule has 0 unspecified atom stereocenters. The van der Waals surface area contributed by atoms with E-state index in [0.717, 1.165) is 33.7 Å². The summed E-state index contributed by atoms with van der Waals surface area (Å²) < 4.78 is 6.33. The van der Waals surface area contributed by atoms with Crippen LogP contribution in [0.15, 0.2) is 27.5 Å². The highest BCUT2D eigenvalue weighted by atomic mass is 79.9. The van der Waals surface area contributed by atoms with Crippen LogP contribution < -0.4 is 5.32 Å². The van der Waals surface area contributed by atoms with Crippen LogP contribution in [0.25, 0.3) is 11.5 Å². The van der Waals surface area contributed by atoms with Crippen LogP contribution in [-0.2, 0) is 6.42 Å². The minimum atomic E-state index is 0.746. The fourth-order valence-electron chi connectivity index (χ4n) is 1.62. The van der Waals surface area contributed by atoms with Crippen LogP contribution in [0.2, 0.25) is 0 Å². The number of hydrogen-bond acceptors (Lipinski definition) is 4. The van der Waals surface area contributed by atoms with Gasteiger partial charge in [-0.05, 0) is 28.4 Å². The van der Waals surface area contributed by atoms with Gasteiger partial charge in [-0.1, -0.05) is 6.92 Å². The smallest absolute Gasteiger partial charge is 0.166 e.